The lowest BCUT2D eigenvalue weighted by Gasteiger charge is -2.35. The van der Waals surface area contributed by atoms with E-state index in [1.165, 1.54) is 29.7 Å². The number of nitriles is 1. The van der Waals surface area contributed by atoms with Crippen LogP contribution in [0.2, 0.25) is 0 Å². The van der Waals surface area contributed by atoms with Crippen molar-refractivity contribution in [3.05, 3.63) is 71.0 Å². The van der Waals surface area contributed by atoms with Gasteiger partial charge in [-0.25, -0.2) is 4.39 Å². The first-order valence-electron chi connectivity index (χ1n) is 10.4. The molecule has 2 aromatic rings. The average Bonchev–Trinajstić information content (AvgIpc) is 2.71. The van der Waals surface area contributed by atoms with Crippen LogP contribution in [0, 0.1) is 23.1 Å². The fraction of sp³-hybridized carbons (Fsp3) is 0.480. The molecule has 0 saturated carbocycles. The van der Waals surface area contributed by atoms with Crippen molar-refractivity contribution >= 4 is 0 Å². The van der Waals surface area contributed by atoms with Crippen LogP contribution in [-0.2, 0) is 18.3 Å². The number of nitrogens with zero attached hydrogens (tertiary/aromatic N) is 2. The summed E-state index contributed by atoms with van der Waals surface area (Å²) in [5.74, 6) is -0.0773. The molecule has 0 aliphatic heterocycles. The van der Waals surface area contributed by atoms with E-state index in [0.717, 1.165) is 37.8 Å². The molecular weight excluding hydrogens is 347 g/mol. The molecule has 2 nitrogen and oxygen atoms in total. The van der Waals surface area contributed by atoms with Crippen LogP contribution in [0.3, 0.4) is 0 Å². The van der Waals surface area contributed by atoms with Crippen LogP contribution >= 0.6 is 0 Å². The van der Waals surface area contributed by atoms with E-state index in [2.05, 4.69) is 56.1 Å². The van der Waals surface area contributed by atoms with Crippen LogP contribution in [0.15, 0.2) is 48.5 Å². The summed E-state index contributed by atoms with van der Waals surface area (Å²) in [6.07, 6.45) is 5.20. The standard InChI is InChI=1S/C25H31FN2/c1-19(2)25(18-27,22-10-12-23(26)13-11-22)15-6-16-28(3)24-14-9-20-7-4-5-8-21(20)17-24/h4-5,7-8,10-13,19,24H,6,9,14-17H2,1-3H3. The number of aryl methyl sites for hydroxylation is 1. The van der Waals surface area contributed by atoms with Gasteiger partial charge >= 0.3 is 0 Å². The summed E-state index contributed by atoms with van der Waals surface area (Å²) >= 11 is 0. The lowest BCUT2D eigenvalue weighted by atomic mass is 9.70. The van der Waals surface area contributed by atoms with Crippen molar-refractivity contribution in [3.63, 3.8) is 0 Å². The zero-order chi connectivity index (χ0) is 20.1. The van der Waals surface area contributed by atoms with E-state index in [1.54, 1.807) is 12.1 Å². The maximum Gasteiger partial charge on any atom is 0.123 e. The SMILES string of the molecule is CC(C)C(C#N)(CCCN(C)C1CCc2ccccc2C1)c1ccc(F)cc1. The van der Waals surface area contributed by atoms with Crippen molar-refractivity contribution < 1.29 is 4.39 Å². The number of hydrogen-bond donors (Lipinski definition) is 0. The van der Waals surface area contributed by atoms with Crippen LogP contribution in [0.1, 0.15) is 49.8 Å². The molecule has 1 aliphatic rings. The summed E-state index contributed by atoms with van der Waals surface area (Å²) in [6.45, 7) is 5.16. The van der Waals surface area contributed by atoms with E-state index < -0.39 is 5.41 Å². The van der Waals surface area contributed by atoms with E-state index in [4.69, 9.17) is 0 Å². The second-order valence-corrected chi connectivity index (χ2v) is 8.49. The number of likely N-dealkylation sites (N-methyl/N-ethyl adjacent to an activating group) is 1. The lowest BCUT2D eigenvalue weighted by Crippen LogP contribution is -2.38. The highest BCUT2D eigenvalue weighted by atomic mass is 19.1. The molecule has 0 fully saturated rings. The minimum Gasteiger partial charge on any atom is -0.303 e. The Morgan fingerprint density at radius 1 is 1.14 bits per heavy atom. The minimum atomic E-state index is -0.562. The highest BCUT2D eigenvalue weighted by molar-refractivity contribution is 5.34. The summed E-state index contributed by atoms with van der Waals surface area (Å²) in [5.41, 5.74) is 3.34. The molecule has 0 N–H and O–H groups in total. The van der Waals surface area contributed by atoms with Crippen LogP contribution in [0.4, 0.5) is 4.39 Å². The van der Waals surface area contributed by atoms with Crippen molar-refractivity contribution in [1.29, 1.82) is 5.26 Å². The second kappa shape index (κ2) is 8.88. The van der Waals surface area contributed by atoms with Crippen LogP contribution < -0.4 is 0 Å². The molecule has 1 aliphatic carbocycles. The first-order valence-corrected chi connectivity index (χ1v) is 10.4. The van der Waals surface area contributed by atoms with Crippen molar-refractivity contribution in [2.24, 2.45) is 5.92 Å². The molecule has 0 spiro atoms. The molecule has 0 heterocycles. The van der Waals surface area contributed by atoms with E-state index in [-0.39, 0.29) is 11.7 Å². The first kappa shape index (κ1) is 20.6. The van der Waals surface area contributed by atoms with Crippen molar-refractivity contribution in [2.45, 2.75) is 57.4 Å². The number of hydrogen-bond acceptors (Lipinski definition) is 2. The molecule has 0 saturated heterocycles. The van der Waals surface area contributed by atoms with Gasteiger partial charge in [-0.1, -0.05) is 50.2 Å². The first-order chi connectivity index (χ1) is 13.5. The van der Waals surface area contributed by atoms with Gasteiger partial charge in [0, 0.05) is 6.04 Å². The maximum absolute atomic E-state index is 13.4. The zero-order valence-electron chi connectivity index (χ0n) is 17.3. The number of rotatable bonds is 7. The van der Waals surface area contributed by atoms with E-state index in [0.29, 0.717) is 6.04 Å². The van der Waals surface area contributed by atoms with Gasteiger partial charge in [-0.15, -0.1) is 0 Å². The molecule has 2 aromatic carbocycles. The summed E-state index contributed by atoms with van der Waals surface area (Å²) < 4.78 is 13.4. The monoisotopic (exact) mass is 378 g/mol. The fourth-order valence-electron chi connectivity index (χ4n) is 4.61. The van der Waals surface area contributed by atoms with E-state index in [1.807, 2.05) is 0 Å². The van der Waals surface area contributed by atoms with Crippen molar-refractivity contribution in [1.82, 2.24) is 4.90 Å². The molecule has 0 amide bonds. The van der Waals surface area contributed by atoms with Gasteiger partial charge < -0.3 is 4.90 Å². The molecule has 2 unspecified atom stereocenters. The topological polar surface area (TPSA) is 27.0 Å². The Morgan fingerprint density at radius 2 is 1.82 bits per heavy atom. The zero-order valence-corrected chi connectivity index (χ0v) is 17.3. The Bertz CT molecular complexity index is 821. The largest absolute Gasteiger partial charge is 0.303 e. The van der Waals surface area contributed by atoms with E-state index >= 15 is 0 Å². The van der Waals surface area contributed by atoms with Gasteiger partial charge in [-0.2, -0.15) is 5.26 Å². The molecule has 28 heavy (non-hydrogen) atoms. The third kappa shape index (κ3) is 4.28. The Hall–Kier alpha value is -2.18. The molecule has 0 bridgehead atoms. The van der Waals surface area contributed by atoms with Gasteiger partial charge in [-0.3, -0.25) is 0 Å². The molecule has 2 atom stereocenters. The van der Waals surface area contributed by atoms with Gasteiger partial charge in [0.05, 0.1) is 11.5 Å². The predicted molar refractivity (Wildman–Crippen MR) is 113 cm³/mol. The number of halogens is 1. The maximum atomic E-state index is 13.4. The quantitative estimate of drug-likeness (QED) is 0.635. The number of fused-ring (bicyclic) bond motifs is 1. The fourth-order valence-corrected chi connectivity index (χ4v) is 4.61. The van der Waals surface area contributed by atoms with Crippen LogP contribution in [0.25, 0.3) is 0 Å². The Morgan fingerprint density at radius 3 is 2.46 bits per heavy atom. The number of benzene rings is 2. The normalized spacial score (nSPS) is 18.5. The van der Waals surface area contributed by atoms with Crippen molar-refractivity contribution in [3.8, 4) is 6.07 Å². The van der Waals surface area contributed by atoms with E-state index in [9.17, 15) is 9.65 Å². The van der Waals surface area contributed by atoms with Crippen LogP contribution in [0.5, 0.6) is 0 Å². The molecule has 148 valence electrons. The lowest BCUT2D eigenvalue weighted by molar-refractivity contribution is 0.209. The Balaban J connectivity index is 1.63. The summed E-state index contributed by atoms with van der Waals surface area (Å²) in [7, 11) is 2.21. The summed E-state index contributed by atoms with van der Waals surface area (Å²) in [4.78, 5) is 2.46. The summed E-state index contributed by atoms with van der Waals surface area (Å²) in [5, 5.41) is 10.0. The Labute approximate surface area is 169 Å². The highest BCUT2D eigenvalue weighted by Crippen LogP contribution is 2.37. The molecule has 3 rings (SSSR count). The molecule has 0 radical (unpaired) electrons. The molecular formula is C25H31FN2. The molecule has 0 aromatic heterocycles. The predicted octanol–water partition coefficient (Wildman–Crippen LogP) is 5.51. The van der Waals surface area contributed by atoms with Gasteiger partial charge in [-0.05, 0) is 80.4 Å². The third-order valence-corrected chi connectivity index (χ3v) is 6.57. The highest BCUT2D eigenvalue weighted by Gasteiger charge is 2.35. The van der Waals surface area contributed by atoms with Gasteiger partial charge in [0.1, 0.15) is 5.82 Å². The minimum absolute atomic E-state index is 0.176. The van der Waals surface area contributed by atoms with Gasteiger partial charge in [0.15, 0.2) is 0 Å². The Kier molecular flexibility index (Phi) is 6.52. The third-order valence-electron chi connectivity index (χ3n) is 6.57. The van der Waals surface area contributed by atoms with Gasteiger partial charge in [0.25, 0.3) is 0 Å². The summed E-state index contributed by atoms with van der Waals surface area (Å²) in [6, 6.07) is 18.4. The van der Waals surface area contributed by atoms with Gasteiger partial charge in [0.2, 0.25) is 0 Å². The smallest absolute Gasteiger partial charge is 0.123 e. The second-order valence-electron chi connectivity index (χ2n) is 8.49. The van der Waals surface area contributed by atoms with Crippen molar-refractivity contribution in [2.75, 3.05) is 13.6 Å². The molecule has 3 heteroatoms. The average molecular weight is 379 g/mol. The van der Waals surface area contributed by atoms with Crippen LogP contribution in [-0.4, -0.2) is 24.5 Å².